The fourth-order valence-electron chi connectivity index (χ4n) is 2.86. The molecule has 1 fully saturated rings. The Morgan fingerprint density at radius 3 is 2.48 bits per heavy atom. The molecule has 0 saturated heterocycles. The van der Waals surface area contributed by atoms with Crippen LogP contribution in [0.25, 0.3) is 0 Å². The van der Waals surface area contributed by atoms with E-state index in [1.165, 1.54) is 7.11 Å². The number of benzene rings is 1. The summed E-state index contributed by atoms with van der Waals surface area (Å²) in [5, 5.41) is 0. The first-order chi connectivity index (χ1) is 10.1. The van der Waals surface area contributed by atoms with Crippen molar-refractivity contribution >= 4 is 11.8 Å². The van der Waals surface area contributed by atoms with Crippen LogP contribution < -0.4 is 9.47 Å². The number of rotatable bonds is 5. The van der Waals surface area contributed by atoms with Gasteiger partial charge < -0.3 is 14.2 Å². The Hall–Kier alpha value is -2.04. The Morgan fingerprint density at radius 1 is 1.24 bits per heavy atom. The molecule has 114 valence electrons. The fraction of sp³-hybridized carbons (Fsp3) is 0.500. The molecule has 0 aliphatic heterocycles. The summed E-state index contributed by atoms with van der Waals surface area (Å²) in [5.74, 6) is 0.497. The van der Waals surface area contributed by atoms with Crippen molar-refractivity contribution < 1.29 is 23.8 Å². The number of methoxy groups -OCH3 is 2. The molecule has 0 N–H and O–H groups in total. The van der Waals surface area contributed by atoms with Crippen molar-refractivity contribution in [2.24, 2.45) is 0 Å². The number of esters is 1. The van der Waals surface area contributed by atoms with E-state index in [2.05, 4.69) is 0 Å². The molecule has 1 aliphatic rings. The van der Waals surface area contributed by atoms with Gasteiger partial charge in [0.15, 0.2) is 22.7 Å². The number of ether oxygens (including phenoxy) is 3. The normalized spacial score (nSPS) is 21.2. The summed E-state index contributed by atoms with van der Waals surface area (Å²) in [4.78, 5) is 24.8. The standard InChI is InChI=1S/C16H20O5/c1-4-21-15(18)16(9-5-6-14(16)17)11-7-8-12(19-2)13(10-11)20-3/h7-8,10H,4-6,9H2,1-3H3. The third-order valence-corrected chi connectivity index (χ3v) is 3.93. The minimum atomic E-state index is -1.20. The average Bonchev–Trinajstić information content (AvgIpc) is 2.89. The lowest BCUT2D eigenvalue weighted by atomic mass is 9.78. The van der Waals surface area contributed by atoms with E-state index in [1.54, 1.807) is 32.2 Å². The summed E-state index contributed by atoms with van der Waals surface area (Å²) < 4.78 is 15.6. The van der Waals surface area contributed by atoms with Crippen LogP contribution in [0.3, 0.4) is 0 Å². The molecule has 1 aliphatic carbocycles. The van der Waals surface area contributed by atoms with Crippen molar-refractivity contribution in [3.63, 3.8) is 0 Å². The topological polar surface area (TPSA) is 61.8 Å². The lowest BCUT2D eigenvalue weighted by Gasteiger charge is -2.26. The van der Waals surface area contributed by atoms with Gasteiger partial charge in [-0.05, 0) is 37.5 Å². The first-order valence-corrected chi connectivity index (χ1v) is 7.03. The molecule has 5 nitrogen and oxygen atoms in total. The Labute approximate surface area is 124 Å². The van der Waals surface area contributed by atoms with E-state index < -0.39 is 11.4 Å². The van der Waals surface area contributed by atoms with Crippen LogP contribution in [0.15, 0.2) is 18.2 Å². The van der Waals surface area contributed by atoms with Crippen molar-refractivity contribution in [1.82, 2.24) is 0 Å². The molecule has 5 heteroatoms. The minimum absolute atomic E-state index is 0.0897. The van der Waals surface area contributed by atoms with E-state index in [1.807, 2.05) is 0 Å². The van der Waals surface area contributed by atoms with Crippen LogP contribution in [0.1, 0.15) is 31.7 Å². The molecular weight excluding hydrogens is 272 g/mol. The number of carbonyl (C=O) groups is 2. The fourth-order valence-corrected chi connectivity index (χ4v) is 2.86. The Balaban J connectivity index is 2.52. The number of hydrogen-bond acceptors (Lipinski definition) is 5. The largest absolute Gasteiger partial charge is 0.493 e. The van der Waals surface area contributed by atoms with Crippen LogP contribution in [0.2, 0.25) is 0 Å². The molecule has 1 unspecified atom stereocenters. The minimum Gasteiger partial charge on any atom is -0.493 e. The molecule has 0 spiro atoms. The molecule has 0 bridgehead atoms. The van der Waals surface area contributed by atoms with Gasteiger partial charge >= 0.3 is 5.97 Å². The molecule has 0 radical (unpaired) electrons. The zero-order valence-electron chi connectivity index (χ0n) is 12.6. The molecule has 0 aromatic heterocycles. The summed E-state index contributed by atoms with van der Waals surface area (Å²) in [6.45, 7) is 1.99. The van der Waals surface area contributed by atoms with E-state index in [9.17, 15) is 9.59 Å². The van der Waals surface area contributed by atoms with Gasteiger partial charge in [-0.3, -0.25) is 9.59 Å². The van der Waals surface area contributed by atoms with E-state index >= 15 is 0 Å². The highest BCUT2D eigenvalue weighted by Crippen LogP contribution is 2.42. The lowest BCUT2D eigenvalue weighted by Crippen LogP contribution is -2.41. The van der Waals surface area contributed by atoms with Crippen LogP contribution in [-0.2, 0) is 19.7 Å². The molecule has 1 aromatic carbocycles. The third kappa shape index (κ3) is 2.48. The second-order valence-corrected chi connectivity index (χ2v) is 4.97. The van der Waals surface area contributed by atoms with Crippen LogP contribution in [-0.4, -0.2) is 32.6 Å². The zero-order chi connectivity index (χ0) is 15.5. The molecular formula is C16H20O5. The van der Waals surface area contributed by atoms with Crippen molar-refractivity contribution in [1.29, 1.82) is 0 Å². The lowest BCUT2D eigenvalue weighted by molar-refractivity contribution is -0.153. The number of ketones is 1. The summed E-state index contributed by atoms with van der Waals surface area (Å²) in [6, 6.07) is 5.14. The average molecular weight is 292 g/mol. The molecule has 1 saturated carbocycles. The number of carbonyl (C=O) groups excluding carboxylic acids is 2. The highest BCUT2D eigenvalue weighted by atomic mass is 16.5. The zero-order valence-corrected chi connectivity index (χ0v) is 12.6. The highest BCUT2D eigenvalue weighted by Gasteiger charge is 2.51. The molecule has 21 heavy (non-hydrogen) atoms. The molecule has 2 rings (SSSR count). The van der Waals surface area contributed by atoms with Gasteiger partial charge in [0, 0.05) is 6.42 Å². The van der Waals surface area contributed by atoms with Gasteiger partial charge in [0.05, 0.1) is 20.8 Å². The Kier molecular flexibility index (Phi) is 4.50. The second-order valence-electron chi connectivity index (χ2n) is 4.97. The van der Waals surface area contributed by atoms with Gasteiger partial charge in [-0.1, -0.05) is 6.07 Å². The summed E-state index contributed by atoms with van der Waals surface area (Å²) in [5.41, 5.74) is -0.587. The van der Waals surface area contributed by atoms with Gasteiger partial charge in [0.2, 0.25) is 0 Å². The van der Waals surface area contributed by atoms with Gasteiger partial charge in [-0.2, -0.15) is 0 Å². The third-order valence-electron chi connectivity index (χ3n) is 3.93. The van der Waals surface area contributed by atoms with E-state index in [4.69, 9.17) is 14.2 Å². The van der Waals surface area contributed by atoms with E-state index in [-0.39, 0.29) is 12.4 Å². The maximum atomic E-state index is 12.4. The quantitative estimate of drug-likeness (QED) is 0.615. The molecule has 1 aromatic rings. The van der Waals surface area contributed by atoms with Gasteiger partial charge in [-0.25, -0.2) is 0 Å². The number of hydrogen-bond donors (Lipinski definition) is 0. The van der Waals surface area contributed by atoms with E-state index in [0.29, 0.717) is 36.3 Å². The van der Waals surface area contributed by atoms with Crippen molar-refractivity contribution in [3.05, 3.63) is 23.8 Å². The molecule has 0 amide bonds. The first kappa shape index (κ1) is 15.4. The predicted octanol–water partition coefficient (Wildman–Crippen LogP) is 2.26. The van der Waals surface area contributed by atoms with E-state index in [0.717, 1.165) is 0 Å². The van der Waals surface area contributed by atoms with Gasteiger partial charge in [0.1, 0.15) is 0 Å². The summed E-state index contributed by atoms with van der Waals surface area (Å²) in [6.07, 6.45) is 1.55. The SMILES string of the molecule is CCOC(=O)C1(c2ccc(OC)c(OC)c2)CCCC1=O. The maximum absolute atomic E-state index is 12.4. The van der Waals surface area contributed by atoms with Crippen molar-refractivity contribution in [2.45, 2.75) is 31.6 Å². The summed E-state index contributed by atoms with van der Waals surface area (Å²) >= 11 is 0. The van der Waals surface area contributed by atoms with Crippen molar-refractivity contribution in [3.8, 4) is 11.5 Å². The molecule has 0 heterocycles. The first-order valence-electron chi connectivity index (χ1n) is 7.03. The van der Waals surface area contributed by atoms with Gasteiger partial charge in [-0.15, -0.1) is 0 Å². The van der Waals surface area contributed by atoms with Crippen LogP contribution in [0, 0.1) is 0 Å². The maximum Gasteiger partial charge on any atom is 0.324 e. The van der Waals surface area contributed by atoms with Crippen molar-refractivity contribution in [2.75, 3.05) is 20.8 Å². The monoisotopic (exact) mass is 292 g/mol. The smallest absolute Gasteiger partial charge is 0.324 e. The van der Waals surface area contributed by atoms with Crippen LogP contribution in [0.5, 0.6) is 11.5 Å². The Morgan fingerprint density at radius 2 is 1.95 bits per heavy atom. The number of Topliss-reactive ketones (excluding diaryl/α,β-unsaturated/α-hetero) is 1. The highest BCUT2D eigenvalue weighted by molar-refractivity contribution is 6.11. The van der Waals surface area contributed by atoms with Crippen LogP contribution >= 0.6 is 0 Å². The molecule has 1 atom stereocenters. The van der Waals surface area contributed by atoms with Crippen LogP contribution in [0.4, 0.5) is 0 Å². The Bertz CT molecular complexity index is 552. The van der Waals surface area contributed by atoms with Gasteiger partial charge in [0.25, 0.3) is 0 Å². The second kappa shape index (κ2) is 6.16. The summed E-state index contributed by atoms with van der Waals surface area (Å²) in [7, 11) is 3.06. The predicted molar refractivity (Wildman–Crippen MR) is 76.7 cm³/mol.